The largest absolute Gasteiger partial charge is 0.330 e. The number of rotatable bonds is 4. The highest BCUT2D eigenvalue weighted by Crippen LogP contribution is 2.41. The lowest BCUT2D eigenvalue weighted by atomic mass is 9.82. The third kappa shape index (κ3) is 3.15. The van der Waals surface area contributed by atoms with Gasteiger partial charge in [0.15, 0.2) is 5.13 Å². The van der Waals surface area contributed by atoms with Gasteiger partial charge in [0.25, 0.3) is 0 Å². The van der Waals surface area contributed by atoms with Gasteiger partial charge >= 0.3 is 0 Å². The zero-order valence-electron chi connectivity index (χ0n) is 11.1. The van der Waals surface area contributed by atoms with E-state index >= 15 is 0 Å². The van der Waals surface area contributed by atoms with Crippen molar-refractivity contribution in [1.82, 2.24) is 4.98 Å². The lowest BCUT2D eigenvalue weighted by Gasteiger charge is -2.26. The predicted molar refractivity (Wildman–Crippen MR) is 77.2 cm³/mol. The van der Waals surface area contributed by atoms with Gasteiger partial charge < -0.3 is 11.1 Å². The highest BCUT2D eigenvalue weighted by molar-refractivity contribution is 7.13. The molecule has 1 heterocycles. The Balaban J connectivity index is 1.52. The number of amides is 1. The molecule has 3 N–H and O–H groups in total. The van der Waals surface area contributed by atoms with E-state index in [4.69, 9.17) is 5.73 Å². The van der Waals surface area contributed by atoms with E-state index in [1.807, 2.05) is 0 Å². The minimum Gasteiger partial charge on any atom is -0.330 e. The molecule has 0 bridgehead atoms. The van der Waals surface area contributed by atoms with Crippen LogP contribution >= 0.6 is 11.3 Å². The number of hydrogen-bond donors (Lipinski definition) is 2. The van der Waals surface area contributed by atoms with E-state index in [9.17, 15) is 4.79 Å². The summed E-state index contributed by atoms with van der Waals surface area (Å²) < 4.78 is 0. The minimum absolute atomic E-state index is 0.146. The van der Waals surface area contributed by atoms with Crippen LogP contribution in [0.3, 0.4) is 0 Å². The van der Waals surface area contributed by atoms with E-state index in [2.05, 4.69) is 15.7 Å². The summed E-state index contributed by atoms with van der Waals surface area (Å²) in [7, 11) is 0. The fourth-order valence-corrected chi connectivity index (χ4v) is 3.57. The number of carbonyl (C=O) groups excluding carboxylic acids is 1. The second-order valence-electron chi connectivity index (χ2n) is 5.79. The highest BCUT2D eigenvalue weighted by atomic mass is 32.1. The first-order valence-electron chi connectivity index (χ1n) is 7.22. The second kappa shape index (κ2) is 5.59. The number of anilines is 1. The first-order valence-corrected chi connectivity index (χ1v) is 8.10. The standard InChI is InChI=1S/C14H21N3OS/c15-7-9-1-3-11(4-2-9)13(18)17-14-16-12(8-19-14)10-5-6-10/h8-11H,1-7,15H2,(H,16,17,18). The highest BCUT2D eigenvalue weighted by Gasteiger charge is 2.28. The van der Waals surface area contributed by atoms with Crippen molar-refractivity contribution in [2.75, 3.05) is 11.9 Å². The topological polar surface area (TPSA) is 68.0 Å². The van der Waals surface area contributed by atoms with Gasteiger partial charge in [0, 0.05) is 17.2 Å². The fourth-order valence-electron chi connectivity index (χ4n) is 2.78. The van der Waals surface area contributed by atoms with Crippen molar-refractivity contribution < 1.29 is 4.79 Å². The Morgan fingerprint density at radius 3 is 2.68 bits per heavy atom. The van der Waals surface area contributed by atoms with E-state index in [-0.39, 0.29) is 11.8 Å². The number of carbonyl (C=O) groups is 1. The van der Waals surface area contributed by atoms with Crippen molar-refractivity contribution in [3.63, 3.8) is 0 Å². The van der Waals surface area contributed by atoms with E-state index < -0.39 is 0 Å². The van der Waals surface area contributed by atoms with Crippen LogP contribution in [0.1, 0.15) is 50.1 Å². The Kier molecular flexibility index (Phi) is 3.84. The number of nitrogens with two attached hydrogens (primary N) is 1. The molecule has 4 nitrogen and oxygen atoms in total. The molecule has 2 aliphatic rings. The molecule has 3 rings (SSSR count). The Morgan fingerprint density at radius 2 is 2.05 bits per heavy atom. The number of thiazole rings is 1. The average Bonchev–Trinajstić information content (AvgIpc) is 3.20. The SMILES string of the molecule is NCC1CCC(C(=O)Nc2nc(C3CC3)cs2)CC1. The van der Waals surface area contributed by atoms with Crippen molar-refractivity contribution >= 4 is 22.4 Å². The molecule has 0 radical (unpaired) electrons. The molecule has 1 amide bonds. The number of aromatic nitrogens is 1. The number of nitrogens with zero attached hydrogens (tertiary/aromatic N) is 1. The number of nitrogens with one attached hydrogen (secondary N) is 1. The fraction of sp³-hybridized carbons (Fsp3) is 0.714. The van der Waals surface area contributed by atoms with E-state index in [1.54, 1.807) is 11.3 Å². The van der Waals surface area contributed by atoms with Gasteiger partial charge in [-0.1, -0.05) is 0 Å². The summed E-state index contributed by atoms with van der Waals surface area (Å²) in [4.78, 5) is 16.7. The van der Waals surface area contributed by atoms with Gasteiger partial charge in [-0.3, -0.25) is 4.79 Å². The summed E-state index contributed by atoms with van der Waals surface area (Å²) in [5.41, 5.74) is 6.84. The van der Waals surface area contributed by atoms with Crippen LogP contribution in [0, 0.1) is 11.8 Å². The number of hydrogen-bond acceptors (Lipinski definition) is 4. The summed E-state index contributed by atoms with van der Waals surface area (Å²) in [6.45, 7) is 0.756. The molecule has 0 saturated heterocycles. The first kappa shape index (κ1) is 13.1. The molecule has 19 heavy (non-hydrogen) atoms. The van der Waals surface area contributed by atoms with Crippen LogP contribution in [0.15, 0.2) is 5.38 Å². The van der Waals surface area contributed by atoms with E-state index in [0.717, 1.165) is 43.1 Å². The molecule has 0 atom stereocenters. The van der Waals surface area contributed by atoms with Crippen molar-refractivity contribution in [3.8, 4) is 0 Å². The Morgan fingerprint density at radius 1 is 1.32 bits per heavy atom. The van der Waals surface area contributed by atoms with Crippen LogP contribution in [-0.4, -0.2) is 17.4 Å². The van der Waals surface area contributed by atoms with Crippen LogP contribution in [-0.2, 0) is 4.79 Å². The molecule has 0 unspecified atom stereocenters. The average molecular weight is 279 g/mol. The molecule has 0 spiro atoms. The van der Waals surface area contributed by atoms with Crippen molar-refractivity contribution in [2.45, 2.75) is 44.4 Å². The minimum atomic E-state index is 0.146. The Bertz CT molecular complexity index is 447. The van der Waals surface area contributed by atoms with Crippen LogP contribution < -0.4 is 11.1 Å². The van der Waals surface area contributed by atoms with Gasteiger partial charge in [0.05, 0.1) is 5.69 Å². The van der Waals surface area contributed by atoms with Crippen LogP contribution in [0.4, 0.5) is 5.13 Å². The van der Waals surface area contributed by atoms with Gasteiger partial charge in [-0.2, -0.15) is 0 Å². The van der Waals surface area contributed by atoms with Crippen molar-refractivity contribution in [1.29, 1.82) is 0 Å². The summed E-state index contributed by atoms with van der Waals surface area (Å²) in [5.74, 6) is 1.57. The third-order valence-corrected chi connectivity index (χ3v) is 5.07. The van der Waals surface area contributed by atoms with E-state index in [0.29, 0.717) is 11.8 Å². The molecule has 2 saturated carbocycles. The molecular weight excluding hydrogens is 258 g/mol. The summed E-state index contributed by atoms with van der Waals surface area (Å²) >= 11 is 1.55. The maximum Gasteiger partial charge on any atom is 0.229 e. The first-order chi connectivity index (χ1) is 9.26. The molecule has 2 aliphatic carbocycles. The maximum absolute atomic E-state index is 12.2. The molecule has 2 fully saturated rings. The van der Waals surface area contributed by atoms with Gasteiger partial charge in [0.2, 0.25) is 5.91 Å². The lowest BCUT2D eigenvalue weighted by Crippen LogP contribution is -2.29. The summed E-state index contributed by atoms with van der Waals surface area (Å²) in [6.07, 6.45) is 6.60. The van der Waals surface area contributed by atoms with Gasteiger partial charge in [0.1, 0.15) is 0 Å². The second-order valence-corrected chi connectivity index (χ2v) is 6.65. The zero-order chi connectivity index (χ0) is 13.2. The summed E-state index contributed by atoms with van der Waals surface area (Å²) in [6, 6.07) is 0. The van der Waals surface area contributed by atoms with Crippen LogP contribution in [0.25, 0.3) is 0 Å². The molecule has 0 aromatic carbocycles. The Labute approximate surface area is 117 Å². The van der Waals surface area contributed by atoms with E-state index in [1.165, 1.54) is 12.8 Å². The van der Waals surface area contributed by atoms with Crippen LogP contribution in [0.5, 0.6) is 0 Å². The van der Waals surface area contributed by atoms with Gasteiger partial charge in [-0.05, 0) is 51.0 Å². The van der Waals surface area contributed by atoms with Crippen molar-refractivity contribution in [2.24, 2.45) is 17.6 Å². The molecular formula is C14H21N3OS. The normalized spacial score (nSPS) is 27.2. The Hall–Kier alpha value is -0.940. The quantitative estimate of drug-likeness (QED) is 0.890. The molecule has 1 aromatic heterocycles. The van der Waals surface area contributed by atoms with Crippen LogP contribution in [0.2, 0.25) is 0 Å². The molecule has 1 aromatic rings. The molecule has 104 valence electrons. The lowest BCUT2D eigenvalue weighted by molar-refractivity contribution is -0.121. The third-order valence-electron chi connectivity index (χ3n) is 4.30. The zero-order valence-corrected chi connectivity index (χ0v) is 11.9. The van der Waals surface area contributed by atoms with Gasteiger partial charge in [-0.25, -0.2) is 4.98 Å². The summed E-state index contributed by atoms with van der Waals surface area (Å²) in [5, 5.41) is 5.84. The maximum atomic E-state index is 12.2. The molecule has 0 aliphatic heterocycles. The smallest absolute Gasteiger partial charge is 0.229 e. The van der Waals surface area contributed by atoms with Gasteiger partial charge in [-0.15, -0.1) is 11.3 Å². The predicted octanol–water partition coefficient (Wildman–Crippen LogP) is 2.72. The van der Waals surface area contributed by atoms with Crippen molar-refractivity contribution in [3.05, 3.63) is 11.1 Å². The monoisotopic (exact) mass is 279 g/mol. The molecule has 5 heteroatoms.